The number of aryl methyl sites for hydroxylation is 2. The van der Waals surface area contributed by atoms with E-state index < -0.39 is 0 Å². The van der Waals surface area contributed by atoms with E-state index in [0.29, 0.717) is 5.95 Å². The van der Waals surface area contributed by atoms with E-state index in [1.165, 1.54) is 0 Å². The highest BCUT2D eigenvalue weighted by Gasteiger charge is 2.10. The summed E-state index contributed by atoms with van der Waals surface area (Å²) in [4.78, 5) is 0. The first-order valence-electron chi connectivity index (χ1n) is 6.90. The first kappa shape index (κ1) is 15.4. The third-order valence-electron chi connectivity index (χ3n) is 3.22. The molecule has 3 rings (SSSR count). The molecule has 1 aromatic carbocycles. The van der Waals surface area contributed by atoms with Crippen LogP contribution in [-0.2, 0) is 0 Å². The Morgan fingerprint density at radius 2 is 2.09 bits per heavy atom. The SMILES string of the molecule is COc1ccc(/C=N\n2cnnc2-n2nc(C)cc2C)cc1Br. The molecule has 2 aromatic heterocycles. The van der Waals surface area contributed by atoms with Gasteiger partial charge in [-0.1, -0.05) is 0 Å². The lowest BCUT2D eigenvalue weighted by Gasteiger charge is -2.04. The van der Waals surface area contributed by atoms with Crippen molar-refractivity contribution in [1.82, 2.24) is 24.7 Å². The minimum atomic E-state index is 0.541. The van der Waals surface area contributed by atoms with Crippen LogP contribution in [0.2, 0.25) is 0 Å². The molecule has 0 unspecified atom stereocenters. The van der Waals surface area contributed by atoms with Crippen LogP contribution in [0.15, 0.2) is 40.2 Å². The summed E-state index contributed by atoms with van der Waals surface area (Å²) in [6.45, 7) is 3.89. The van der Waals surface area contributed by atoms with E-state index in [1.807, 2.05) is 38.1 Å². The Balaban J connectivity index is 1.91. The molecule has 0 aliphatic carbocycles. The van der Waals surface area contributed by atoms with Gasteiger partial charge in [-0.3, -0.25) is 0 Å². The molecule has 0 bridgehead atoms. The minimum absolute atomic E-state index is 0.541. The molecule has 0 radical (unpaired) electrons. The predicted octanol–water partition coefficient (Wildman–Crippen LogP) is 2.73. The number of rotatable bonds is 4. The maximum atomic E-state index is 5.21. The van der Waals surface area contributed by atoms with Gasteiger partial charge in [0.2, 0.25) is 0 Å². The van der Waals surface area contributed by atoms with Gasteiger partial charge < -0.3 is 4.74 Å². The molecule has 7 nitrogen and oxygen atoms in total. The van der Waals surface area contributed by atoms with Crippen LogP contribution in [0, 0.1) is 13.8 Å². The van der Waals surface area contributed by atoms with Crippen molar-refractivity contribution in [3.8, 4) is 11.7 Å². The molecule has 0 aliphatic rings. The van der Waals surface area contributed by atoms with Crippen LogP contribution in [0.25, 0.3) is 5.95 Å². The van der Waals surface area contributed by atoms with Gasteiger partial charge in [-0.25, -0.2) is 4.68 Å². The van der Waals surface area contributed by atoms with E-state index in [1.54, 1.807) is 29.0 Å². The summed E-state index contributed by atoms with van der Waals surface area (Å²) >= 11 is 3.46. The van der Waals surface area contributed by atoms with Crippen LogP contribution in [-0.4, -0.2) is 38.0 Å². The number of hydrogen-bond donors (Lipinski definition) is 0. The summed E-state index contributed by atoms with van der Waals surface area (Å²) in [5.41, 5.74) is 2.81. The number of nitrogens with zero attached hydrogens (tertiary/aromatic N) is 6. The zero-order valence-electron chi connectivity index (χ0n) is 12.9. The molecule has 118 valence electrons. The summed E-state index contributed by atoms with van der Waals surface area (Å²) < 4.78 is 9.37. The molecule has 8 heteroatoms. The Kier molecular flexibility index (Phi) is 4.24. The Bertz CT molecular complexity index is 867. The van der Waals surface area contributed by atoms with E-state index in [2.05, 4.69) is 36.3 Å². The Morgan fingerprint density at radius 3 is 2.74 bits per heavy atom. The molecule has 23 heavy (non-hydrogen) atoms. The van der Waals surface area contributed by atoms with E-state index in [4.69, 9.17) is 4.74 Å². The molecule has 0 atom stereocenters. The largest absolute Gasteiger partial charge is 0.496 e. The van der Waals surface area contributed by atoms with Gasteiger partial charge in [0.1, 0.15) is 12.1 Å². The molecule has 0 saturated carbocycles. The van der Waals surface area contributed by atoms with Crippen molar-refractivity contribution in [2.75, 3.05) is 7.11 Å². The number of benzene rings is 1. The van der Waals surface area contributed by atoms with Gasteiger partial charge in [0.15, 0.2) is 0 Å². The van der Waals surface area contributed by atoms with Crippen molar-refractivity contribution in [2.45, 2.75) is 13.8 Å². The monoisotopic (exact) mass is 374 g/mol. The highest BCUT2D eigenvalue weighted by atomic mass is 79.9. The number of aromatic nitrogens is 5. The molecule has 2 heterocycles. The van der Waals surface area contributed by atoms with Crippen LogP contribution in [0.5, 0.6) is 5.75 Å². The Labute approximate surface area is 141 Å². The van der Waals surface area contributed by atoms with Gasteiger partial charge in [-0.15, -0.1) is 10.2 Å². The molecular formula is C15H15BrN6O. The fourth-order valence-corrected chi connectivity index (χ4v) is 2.73. The van der Waals surface area contributed by atoms with Gasteiger partial charge in [0.25, 0.3) is 5.95 Å². The summed E-state index contributed by atoms with van der Waals surface area (Å²) in [5.74, 6) is 1.31. The zero-order chi connectivity index (χ0) is 16.4. The highest BCUT2D eigenvalue weighted by molar-refractivity contribution is 9.10. The second-order valence-electron chi connectivity index (χ2n) is 4.95. The molecule has 0 fully saturated rings. The molecule has 0 aliphatic heterocycles. The van der Waals surface area contributed by atoms with E-state index in [9.17, 15) is 0 Å². The molecule has 0 amide bonds. The van der Waals surface area contributed by atoms with Crippen LogP contribution in [0.1, 0.15) is 17.0 Å². The molecule has 0 N–H and O–H groups in total. The quantitative estimate of drug-likeness (QED) is 0.658. The summed E-state index contributed by atoms with van der Waals surface area (Å²) in [5, 5.41) is 16.8. The van der Waals surface area contributed by atoms with Crippen molar-refractivity contribution in [1.29, 1.82) is 0 Å². The van der Waals surface area contributed by atoms with Crippen molar-refractivity contribution in [3.05, 3.63) is 52.0 Å². The number of hydrogen-bond acceptors (Lipinski definition) is 5. The fraction of sp³-hybridized carbons (Fsp3) is 0.200. The van der Waals surface area contributed by atoms with Gasteiger partial charge in [-0.05, 0) is 59.6 Å². The first-order chi connectivity index (χ1) is 11.1. The maximum Gasteiger partial charge on any atom is 0.273 e. The minimum Gasteiger partial charge on any atom is -0.496 e. The summed E-state index contributed by atoms with van der Waals surface area (Å²) in [6, 6.07) is 7.69. The fourth-order valence-electron chi connectivity index (χ4n) is 2.17. The zero-order valence-corrected chi connectivity index (χ0v) is 14.5. The van der Waals surface area contributed by atoms with Crippen LogP contribution < -0.4 is 4.74 Å². The van der Waals surface area contributed by atoms with Crippen molar-refractivity contribution >= 4 is 22.1 Å². The average molecular weight is 375 g/mol. The normalized spacial score (nSPS) is 11.3. The highest BCUT2D eigenvalue weighted by Crippen LogP contribution is 2.24. The van der Waals surface area contributed by atoms with Gasteiger partial charge >= 0.3 is 0 Å². The average Bonchev–Trinajstić information content (AvgIpc) is 3.11. The van der Waals surface area contributed by atoms with E-state index >= 15 is 0 Å². The molecule has 0 spiro atoms. The number of ether oxygens (including phenoxy) is 1. The van der Waals surface area contributed by atoms with Crippen molar-refractivity contribution < 1.29 is 4.74 Å². The third kappa shape index (κ3) is 3.16. The molecular weight excluding hydrogens is 360 g/mol. The predicted molar refractivity (Wildman–Crippen MR) is 90.3 cm³/mol. The van der Waals surface area contributed by atoms with Crippen LogP contribution in [0.3, 0.4) is 0 Å². The lowest BCUT2D eigenvalue weighted by atomic mass is 10.2. The lowest BCUT2D eigenvalue weighted by Crippen LogP contribution is -2.06. The topological polar surface area (TPSA) is 70.1 Å². The standard InChI is InChI=1S/C15H15BrN6O/c1-10-6-11(2)22(20-10)15-19-17-9-21(15)18-8-12-4-5-14(23-3)13(16)7-12/h4-9H,1-3H3/b18-8-. The second kappa shape index (κ2) is 6.33. The second-order valence-corrected chi connectivity index (χ2v) is 5.81. The van der Waals surface area contributed by atoms with Crippen molar-refractivity contribution in [3.63, 3.8) is 0 Å². The van der Waals surface area contributed by atoms with Crippen molar-refractivity contribution in [2.24, 2.45) is 5.10 Å². The number of halogens is 1. The van der Waals surface area contributed by atoms with Gasteiger partial charge in [0.05, 0.1) is 23.5 Å². The van der Waals surface area contributed by atoms with Gasteiger partial charge in [-0.2, -0.15) is 14.9 Å². The number of methoxy groups -OCH3 is 1. The van der Waals surface area contributed by atoms with Gasteiger partial charge in [0, 0.05) is 5.69 Å². The Hall–Kier alpha value is -2.48. The lowest BCUT2D eigenvalue weighted by molar-refractivity contribution is 0.412. The smallest absolute Gasteiger partial charge is 0.273 e. The molecule has 3 aromatic rings. The van der Waals surface area contributed by atoms with E-state index in [0.717, 1.165) is 27.2 Å². The third-order valence-corrected chi connectivity index (χ3v) is 3.84. The Morgan fingerprint density at radius 1 is 1.26 bits per heavy atom. The van der Waals surface area contributed by atoms with Crippen LogP contribution in [0.4, 0.5) is 0 Å². The molecule has 0 saturated heterocycles. The maximum absolute atomic E-state index is 5.21. The van der Waals surface area contributed by atoms with E-state index in [-0.39, 0.29) is 0 Å². The first-order valence-corrected chi connectivity index (χ1v) is 7.69. The summed E-state index contributed by atoms with van der Waals surface area (Å²) in [7, 11) is 1.63. The summed E-state index contributed by atoms with van der Waals surface area (Å²) in [6.07, 6.45) is 3.27. The van der Waals surface area contributed by atoms with Crippen LogP contribution >= 0.6 is 15.9 Å².